The minimum Gasteiger partial charge on any atom is -0.468 e. The molecule has 27 heavy (non-hydrogen) atoms. The Morgan fingerprint density at radius 2 is 1.93 bits per heavy atom. The number of nitro groups is 1. The van der Waals surface area contributed by atoms with Crippen molar-refractivity contribution in [3.8, 4) is 5.88 Å². The molecule has 8 nitrogen and oxygen atoms in total. The van der Waals surface area contributed by atoms with Gasteiger partial charge in [0.1, 0.15) is 0 Å². The molecule has 0 saturated carbocycles. The van der Waals surface area contributed by atoms with Crippen LogP contribution in [0, 0.1) is 24.0 Å². The van der Waals surface area contributed by atoms with E-state index >= 15 is 0 Å². The van der Waals surface area contributed by atoms with Crippen LogP contribution >= 0.6 is 0 Å². The highest BCUT2D eigenvalue weighted by Gasteiger charge is 2.28. The number of aryl methyl sites for hydroxylation is 1. The molecule has 0 saturated heterocycles. The van der Waals surface area contributed by atoms with Gasteiger partial charge in [0.15, 0.2) is 6.61 Å². The van der Waals surface area contributed by atoms with E-state index in [2.05, 4.69) is 14.4 Å². The average Bonchev–Trinajstić information content (AvgIpc) is 2.55. The number of halogens is 3. The number of ether oxygens (including phenoxy) is 1. The number of sulfonamides is 1. The summed E-state index contributed by atoms with van der Waals surface area (Å²) in [4.78, 5) is 13.6. The summed E-state index contributed by atoms with van der Waals surface area (Å²) in [6, 6.07) is 4.41. The molecule has 0 atom stereocenters. The van der Waals surface area contributed by atoms with Gasteiger partial charge in [0.25, 0.3) is 15.7 Å². The molecule has 0 radical (unpaired) electrons. The van der Waals surface area contributed by atoms with Gasteiger partial charge < -0.3 is 4.74 Å². The van der Waals surface area contributed by atoms with Crippen molar-refractivity contribution in [3.05, 3.63) is 51.7 Å². The van der Waals surface area contributed by atoms with Crippen LogP contribution in [-0.2, 0) is 10.0 Å². The van der Waals surface area contributed by atoms with Crippen LogP contribution in [0.15, 0.2) is 35.4 Å². The van der Waals surface area contributed by atoms with Gasteiger partial charge in [-0.2, -0.15) is 13.2 Å². The maximum Gasteiger partial charge on any atom is 0.422 e. The number of alkyl halides is 3. The molecule has 0 fully saturated rings. The molecule has 2 aromatic rings. The smallest absolute Gasteiger partial charge is 0.422 e. The molecule has 0 bridgehead atoms. The van der Waals surface area contributed by atoms with Gasteiger partial charge in [-0.05, 0) is 31.0 Å². The van der Waals surface area contributed by atoms with E-state index in [4.69, 9.17) is 0 Å². The molecule has 0 aliphatic heterocycles. The molecule has 0 spiro atoms. The summed E-state index contributed by atoms with van der Waals surface area (Å²) in [5.41, 5.74) is 0.315. The molecule has 0 aliphatic rings. The van der Waals surface area contributed by atoms with E-state index < -0.39 is 27.7 Å². The van der Waals surface area contributed by atoms with E-state index in [1.807, 2.05) is 0 Å². The van der Waals surface area contributed by atoms with Crippen molar-refractivity contribution in [3.63, 3.8) is 0 Å². The zero-order valence-electron chi connectivity index (χ0n) is 14.1. The molecule has 0 amide bonds. The number of benzene rings is 1. The zero-order chi connectivity index (χ0) is 20.4. The van der Waals surface area contributed by atoms with Crippen LogP contribution in [0.1, 0.15) is 11.1 Å². The highest BCUT2D eigenvalue weighted by Crippen LogP contribution is 2.27. The number of nitro benzene ring substituents is 1. The van der Waals surface area contributed by atoms with Gasteiger partial charge in [-0.25, -0.2) is 13.4 Å². The summed E-state index contributed by atoms with van der Waals surface area (Å²) in [7, 11) is -4.19. The minimum atomic E-state index is -4.53. The van der Waals surface area contributed by atoms with Crippen LogP contribution in [-0.4, -0.2) is 31.1 Å². The summed E-state index contributed by atoms with van der Waals surface area (Å²) in [5.74, 6) is -0.336. The fourth-order valence-electron chi connectivity index (χ4n) is 2.09. The van der Waals surface area contributed by atoms with Crippen molar-refractivity contribution in [2.45, 2.75) is 24.9 Å². The van der Waals surface area contributed by atoms with E-state index in [0.29, 0.717) is 11.1 Å². The zero-order valence-corrected chi connectivity index (χ0v) is 14.9. The van der Waals surface area contributed by atoms with Crippen LogP contribution in [0.5, 0.6) is 5.88 Å². The van der Waals surface area contributed by atoms with Gasteiger partial charge in [0.2, 0.25) is 5.88 Å². The van der Waals surface area contributed by atoms with Crippen molar-refractivity contribution in [2.24, 2.45) is 0 Å². The lowest BCUT2D eigenvalue weighted by Crippen LogP contribution is -2.19. The molecule has 0 aliphatic carbocycles. The predicted octanol–water partition coefficient (Wildman–Crippen LogP) is 3.35. The van der Waals surface area contributed by atoms with Gasteiger partial charge in [-0.3, -0.25) is 14.8 Å². The van der Waals surface area contributed by atoms with Gasteiger partial charge in [-0.15, -0.1) is 0 Å². The van der Waals surface area contributed by atoms with Gasteiger partial charge >= 0.3 is 6.18 Å². The summed E-state index contributed by atoms with van der Waals surface area (Å²) in [5, 5.41) is 11.0. The lowest BCUT2D eigenvalue weighted by atomic mass is 10.1. The topological polar surface area (TPSA) is 111 Å². The Labute approximate surface area is 152 Å². The van der Waals surface area contributed by atoms with Crippen molar-refractivity contribution in [1.82, 2.24) is 4.98 Å². The fourth-order valence-corrected chi connectivity index (χ4v) is 3.47. The molecule has 146 valence electrons. The molecular weight excluding hydrogens is 391 g/mol. The first-order valence-electron chi connectivity index (χ1n) is 7.33. The number of nitrogens with zero attached hydrogens (tertiary/aromatic N) is 2. The number of hydrogen-bond acceptors (Lipinski definition) is 6. The second-order valence-corrected chi connectivity index (χ2v) is 7.19. The Balaban J connectivity index is 2.25. The van der Waals surface area contributed by atoms with Crippen LogP contribution in [0.25, 0.3) is 0 Å². The predicted molar refractivity (Wildman–Crippen MR) is 89.2 cm³/mol. The third-order valence-corrected chi connectivity index (χ3v) is 4.98. The van der Waals surface area contributed by atoms with Gasteiger partial charge in [-0.1, -0.05) is 0 Å². The van der Waals surface area contributed by atoms with E-state index in [1.54, 1.807) is 0 Å². The lowest BCUT2D eigenvalue weighted by Gasteiger charge is -2.12. The van der Waals surface area contributed by atoms with E-state index in [9.17, 15) is 31.7 Å². The van der Waals surface area contributed by atoms with E-state index in [1.165, 1.54) is 19.9 Å². The number of nitrogens with one attached hydrogen (secondary N) is 1. The summed E-state index contributed by atoms with van der Waals surface area (Å²) < 4.78 is 68.0. The molecule has 1 heterocycles. The third-order valence-electron chi connectivity index (χ3n) is 3.48. The standard InChI is InChI=1S/C15H14F3N3O5S/c1-9-5-12(21(22)23)6-13(10(9)2)27(24,25)20-11-3-4-14(19-7-11)26-8-15(16,17)18/h3-7,20H,8H2,1-2H3. The number of rotatable bonds is 6. The average molecular weight is 405 g/mol. The normalized spacial score (nSPS) is 11.9. The minimum absolute atomic E-state index is 0.0436. The summed E-state index contributed by atoms with van der Waals surface area (Å²) in [6.07, 6.45) is -3.55. The van der Waals surface area contributed by atoms with Gasteiger partial charge in [0, 0.05) is 18.2 Å². The molecule has 1 aromatic heterocycles. The third kappa shape index (κ3) is 5.29. The molecule has 2 rings (SSSR count). The maximum absolute atomic E-state index is 12.6. The Hall–Kier alpha value is -2.89. The quantitative estimate of drug-likeness (QED) is 0.583. The number of hydrogen-bond donors (Lipinski definition) is 1. The Kier molecular flexibility index (Phi) is 5.59. The van der Waals surface area contributed by atoms with Gasteiger partial charge in [0.05, 0.1) is 21.7 Å². The Morgan fingerprint density at radius 1 is 1.26 bits per heavy atom. The van der Waals surface area contributed by atoms with Crippen molar-refractivity contribution in [1.29, 1.82) is 0 Å². The first kappa shape index (κ1) is 20.4. The largest absolute Gasteiger partial charge is 0.468 e. The molecule has 1 aromatic carbocycles. The molecule has 1 N–H and O–H groups in total. The summed E-state index contributed by atoms with van der Waals surface area (Å²) in [6.45, 7) is 1.51. The van der Waals surface area contributed by atoms with Crippen molar-refractivity contribution >= 4 is 21.4 Å². The van der Waals surface area contributed by atoms with Crippen LogP contribution in [0.4, 0.5) is 24.5 Å². The van der Waals surface area contributed by atoms with Crippen molar-refractivity contribution < 1.29 is 31.2 Å². The lowest BCUT2D eigenvalue weighted by molar-refractivity contribution is -0.385. The Morgan fingerprint density at radius 3 is 2.44 bits per heavy atom. The molecule has 0 unspecified atom stereocenters. The first-order chi connectivity index (χ1) is 12.4. The SMILES string of the molecule is Cc1cc([N+](=O)[O-])cc(S(=O)(=O)Nc2ccc(OCC(F)(F)F)nc2)c1C. The van der Waals surface area contributed by atoms with Crippen LogP contribution in [0.2, 0.25) is 0 Å². The van der Waals surface area contributed by atoms with Crippen LogP contribution < -0.4 is 9.46 Å². The first-order valence-corrected chi connectivity index (χ1v) is 8.81. The summed E-state index contributed by atoms with van der Waals surface area (Å²) >= 11 is 0. The highest BCUT2D eigenvalue weighted by atomic mass is 32.2. The number of pyridine rings is 1. The van der Waals surface area contributed by atoms with E-state index in [-0.39, 0.29) is 22.2 Å². The Bertz CT molecular complexity index is 960. The highest BCUT2D eigenvalue weighted by molar-refractivity contribution is 7.92. The number of aromatic nitrogens is 1. The van der Waals surface area contributed by atoms with Crippen molar-refractivity contribution in [2.75, 3.05) is 11.3 Å². The monoisotopic (exact) mass is 405 g/mol. The number of non-ortho nitro benzene ring substituents is 1. The van der Waals surface area contributed by atoms with Crippen LogP contribution in [0.3, 0.4) is 0 Å². The maximum atomic E-state index is 12.6. The fraction of sp³-hybridized carbons (Fsp3) is 0.267. The molecular formula is C15H14F3N3O5S. The van der Waals surface area contributed by atoms with E-state index in [0.717, 1.165) is 24.4 Å². The second-order valence-electron chi connectivity index (χ2n) is 5.54. The number of anilines is 1. The second kappa shape index (κ2) is 7.39. The molecule has 12 heteroatoms.